The number of thiol groups is 1. The lowest BCUT2D eigenvalue weighted by atomic mass is 10.0. The predicted octanol–water partition coefficient (Wildman–Crippen LogP) is 4.02. The molecule has 0 saturated carbocycles. The number of nitrogens with one attached hydrogen (secondary N) is 2. The van der Waals surface area contributed by atoms with Gasteiger partial charge in [0.2, 0.25) is 5.91 Å². The summed E-state index contributed by atoms with van der Waals surface area (Å²) < 4.78 is 0. The number of rotatable bonds is 6. The van der Waals surface area contributed by atoms with Crippen LogP contribution < -0.4 is 22.1 Å². The van der Waals surface area contributed by atoms with Crippen molar-refractivity contribution >= 4 is 41.7 Å². The van der Waals surface area contributed by atoms with Crippen LogP contribution in [0.3, 0.4) is 0 Å². The van der Waals surface area contributed by atoms with Crippen molar-refractivity contribution in [3.63, 3.8) is 0 Å². The smallest absolute Gasteiger partial charge is 0.287 e. The van der Waals surface area contributed by atoms with E-state index in [2.05, 4.69) is 40.9 Å². The van der Waals surface area contributed by atoms with Gasteiger partial charge in [-0.15, -0.1) is 12.6 Å². The second-order valence-electron chi connectivity index (χ2n) is 8.68. The molecule has 1 heterocycles. The Morgan fingerprint density at radius 2 is 1.72 bits per heavy atom. The number of carbonyl (C=O) groups is 2. The number of hydrogen-bond acceptors (Lipinski definition) is 6. The number of nitrogens with two attached hydrogens (primary N) is 2. The number of para-hydroxylation sites is 1. The van der Waals surface area contributed by atoms with Gasteiger partial charge in [0, 0.05) is 22.7 Å². The van der Waals surface area contributed by atoms with Crippen molar-refractivity contribution in [1.29, 1.82) is 0 Å². The Bertz CT molecular complexity index is 1290. The van der Waals surface area contributed by atoms with E-state index in [4.69, 9.17) is 11.5 Å². The summed E-state index contributed by atoms with van der Waals surface area (Å²) in [5, 5.41) is 5.91. The standard InChI is InChI=1S/C23H19N3OS.C5H12N2O/c1-15-20-7-2-3-8-21(20)26-22(25-15)23(27)24-14-16-5-4-6-18(13-16)17-9-11-19(28)12-10-17;1-3(2)4(6)5(7)8/h2-13,28H,1,14H2,(H,24,27)(H,25,26);3-4H,6H2,1-2H3,(H2,7,8). The molecule has 186 valence electrons. The van der Waals surface area contributed by atoms with Gasteiger partial charge >= 0.3 is 0 Å². The second kappa shape index (κ2) is 12.2. The Kier molecular flexibility index (Phi) is 9.05. The molecule has 1 aliphatic heterocycles. The first-order valence-corrected chi connectivity index (χ1v) is 12.0. The van der Waals surface area contributed by atoms with Gasteiger partial charge in [-0.25, -0.2) is 4.99 Å². The van der Waals surface area contributed by atoms with Crippen molar-refractivity contribution < 1.29 is 9.59 Å². The minimum atomic E-state index is -0.491. The summed E-state index contributed by atoms with van der Waals surface area (Å²) in [4.78, 5) is 28.1. The number of primary amides is 1. The first-order valence-electron chi connectivity index (χ1n) is 11.5. The molecule has 1 aliphatic rings. The molecule has 6 N–H and O–H groups in total. The number of benzene rings is 3. The molecule has 1 unspecified atom stereocenters. The average Bonchev–Trinajstić information content (AvgIpc) is 2.87. The number of hydrogen-bond donors (Lipinski definition) is 5. The maximum absolute atomic E-state index is 12.6. The molecule has 0 aromatic heterocycles. The first kappa shape index (κ1) is 26.7. The molecule has 8 heteroatoms. The van der Waals surface area contributed by atoms with Gasteiger partial charge in [-0.05, 0) is 46.9 Å². The van der Waals surface area contributed by atoms with Gasteiger partial charge in [0.05, 0.1) is 11.7 Å². The third-order valence-electron chi connectivity index (χ3n) is 5.57. The first-order chi connectivity index (χ1) is 17.2. The lowest BCUT2D eigenvalue weighted by Crippen LogP contribution is -2.40. The van der Waals surface area contributed by atoms with E-state index in [-0.39, 0.29) is 17.7 Å². The number of amides is 2. The highest BCUT2D eigenvalue weighted by Gasteiger charge is 2.19. The fourth-order valence-electron chi connectivity index (χ4n) is 3.40. The molecule has 3 aromatic rings. The van der Waals surface area contributed by atoms with Gasteiger partial charge in [0.1, 0.15) is 0 Å². The monoisotopic (exact) mass is 501 g/mol. The summed E-state index contributed by atoms with van der Waals surface area (Å²) in [6.07, 6.45) is 0. The van der Waals surface area contributed by atoms with Crippen LogP contribution >= 0.6 is 12.6 Å². The van der Waals surface area contributed by atoms with Crippen LogP contribution in [-0.4, -0.2) is 23.7 Å². The highest BCUT2D eigenvalue weighted by atomic mass is 32.1. The molecule has 0 saturated heterocycles. The molecule has 7 nitrogen and oxygen atoms in total. The number of nitrogens with zero attached hydrogens (tertiary/aromatic N) is 1. The Hall–Kier alpha value is -3.88. The van der Waals surface area contributed by atoms with Crippen LogP contribution in [0.1, 0.15) is 25.0 Å². The summed E-state index contributed by atoms with van der Waals surface area (Å²) in [6, 6.07) is 23.2. The Morgan fingerprint density at radius 3 is 2.36 bits per heavy atom. The maximum atomic E-state index is 12.6. The average molecular weight is 502 g/mol. The molecular weight excluding hydrogens is 470 g/mol. The molecule has 3 aromatic carbocycles. The molecule has 0 aliphatic carbocycles. The topological polar surface area (TPSA) is 123 Å². The fourth-order valence-corrected chi connectivity index (χ4v) is 3.55. The molecule has 2 amide bonds. The molecule has 1 atom stereocenters. The van der Waals surface area contributed by atoms with Crippen molar-refractivity contribution in [2.24, 2.45) is 22.4 Å². The van der Waals surface area contributed by atoms with Crippen molar-refractivity contribution in [1.82, 2.24) is 10.6 Å². The summed E-state index contributed by atoms with van der Waals surface area (Å²) in [6.45, 7) is 8.10. The van der Waals surface area contributed by atoms with E-state index in [1.165, 1.54) is 0 Å². The van der Waals surface area contributed by atoms with Crippen LogP contribution in [0, 0.1) is 5.92 Å². The number of amidine groups is 1. The Balaban J connectivity index is 0.000000392. The highest BCUT2D eigenvalue weighted by Crippen LogP contribution is 2.27. The predicted molar refractivity (Wildman–Crippen MR) is 149 cm³/mol. The zero-order chi connectivity index (χ0) is 26.2. The second-order valence-corrected chi connectivity index (χ2v) is 9.20. The lowest BCUT2D eigenvalue weighted by molar-refractivity contribution is -0.120. The fraction of sp³-hybridized carbons (Fsp3) is 0.179. The van der Waals surface area contributed by atoms with Crippen molar-refractivity contribution in [3.05, 3.63) is 90.5 Å². The normalized spacial score (nSPS) is 12.9. The minimum Gasteiger partial charge on any atom is -0.368 e. The van der Waals surface area contributed by atoms with Gasteiger partial charge in [-0.1, -0.05) is 69.0 Å². The summed E-state index contributed by atoms with van der Waals surface area (Å²) in [5.74, 6) is -0.294. The minimum absolute atomic E-state index is 0.146. The summed E-state index contributed by atoms with van der Waals surface area (Å²) in [5.41, 5.74) is 15.7. The van der Waals surface area contributed by atoms with Gasteiger partial charge < -0.3 is 22.1 Å². The zero-order valence-electron chi connectivity index (χ0n) is 20.4. The van der Waals surface area contributed by atoms with E-state index in [1.807, 2.05) is 80.6 Å². The van der Waals surface area contributed by atoms with Gasteiger partial charge in [0.25, 0.3) is 5.91 Å². The SMILES string of the molecule is C=C1NC(C(=O)NCc2cccc(-c3ccc(S)cc3)c2)=Nc2ccccc21.CC(C)C(N)C(N)=O. The van der Waals surface area contributed by atoms with Crippen LogP contribution in [0.4, 0.5) is 5.69 Å². The number of fused-ring (bicyclic) bond motifs is 1. The summed E-state index contributed by atoms with van der Waals surface area (Å²) in [7, 11) is 0. The van der Waals surface area contributed by atoms with Crippen LogP contribution in [0.25, 0.3) is 16.8 Å². The highest BCUT2D eigenvalue weighted by molar-refractivity contribution is 7.80. The third-order valence-corrected chi connectivity index (χ3v) is 5.87. The van der Waals surface area contributed by atoms with Crippen molar-refractivity contribution in [2.45, 2.75) is 31.3 Å². The van der Waals surface area contributed by atoms with Gasteiger partial charge in [0.15, 0.2) is 5.84 Å². The molecule has 0 radical (unpaired) electrons. The number of aliphatic imine (C=N–C) groups is 1. The molecule has 4 rings (SSSR count). The molecule has 0 spiro atoms. The quantitative estimate of drug-likeness (QED) is 0.328. The maximum Gasteiger partial charge on any atom is 0.287 e. The van der Waals surface area contributed by atoms with Crippen molar-refractivity contribution in [3.8, 4) is 11.1 Å². The van der Waals surface area contributed by atoms with Crippen LogP contribution in [-0.2, 0) is 16.1 Å². The van der Waals surface area contributed by atoms with Crippen LogP contribution in [0.15, 0.2) is 89.3 Å². The third kappa shape index (κ3) is 7.07. The zero-order valence-corrected chi connectivity index (χ0v) is 21.3. The van der Waals surface area contributed by atoms with E-state index in [9.17, 15) is 9.59 Å². The Labute approximate surface area is 217 Å². The largest absolute Gasteiger partial charge is 0.368 e. The van der Waals surface area contributed by atoms with Crippen LogP contribution in [0.5, 0.6) is 0 Å². The van der Waals surface area contributed by atoms with Crippen LogP contribution in [0.2, 0.25) is 0 Å². The van der Waals surface area contributed by atoms with E-state index in [0.717, 1.165) is 32.8 Å². The van der Waals surface area contributed by atoms with E-state index in [0.29, 0.717) is 12.2 Å². The molecule has 36 heavy (non-hydrogen) atoms. The Morgan fingerprint density at radius 1 is 1.03 bits per heavy atom. The lowest BCUT2D eigenvalue weighted by Gasteiger charge is -2.19. The molecule has 0 bridgehead atoms. The van der Waals surface area contributed by atoms with E-state index < -0.39 is 11.9 Å². The van der Waals surface area contributed by atoms with E-state index >= 15 is 0 Å². The molecular formula is C28H31N5O2S. The molecule has 0 fully saturated rings. The number of carbonyl (C=O) groups excluding carboxylic acids is 2. The van der Waals surface area contributed by atoms with E-state index in [1.54, 1.807) is 0 Å². The summed E-state index contributed by atoms with van der Waals surface area (Å²) >= 11 is 4.32. The van der Waals surface area contributed by atoms with Gasteiger partial charge in [-0.3, -0.25) is 9.59 Å². The van der Waals surface area contributed by atoms with Gasteiger partial charge in [-0.2, -0.15) is 0 Å². The van der Waals surface area contributed by atoms with Crippen molar-refractivity contribution in [2.75, 3.05) is 0 Å².